The molecule has 0 spiro atoms. The Morgan fingerprint density at radius 2 is 2.43 bits per heavy atom. The molecule has 2 amide bonds. The zero-order chi connectivity index (χ0) is 10.7. The lowest BCUT2D eigenvalue weighted by Crippen LogP contribution is -2.43. The van der Waals surface area contributed by atoms with Crippen LogP contribution < -0.4 is 16.4 Å². The van der Waals surface area contributed by atoms with Crippen LogP contribution in [0, 0.1) is 6.92 Å². The van der Waals surface area contributed by atoms with Gasteiger partial charge in [-0.15, -0.1) is 0 Å². The van der Waals surface area contributed by atoms with Crippen LogP contribution in [0.2, 0.25) is 0 Å². The van der Waals surface area contributed by atoms with Gasteiger partial charge in [0.1, 0.15) is 0 Å². The number of carbonyl (C=O) groups excluding carboxylic acids is 1. The van der Waals surface area contributed by atoms with Crippen LogP contribution in [0.4, 0.5) is 10.6 Å². The van der Waals surface area contributed by atoms with E-state index >= 15 is 0 Å². The summed E-state index contributed by atoms with van der Waals surface area (Å²) in [6.45, 7) is 4.01. The van der Waals surface area contributed by atoms with Crippen molar-refractivity contribution in [3.05, 3.63) is 11.8 Å². The van der Waals surface area contributed by atoms with Gasteiger partial charge in [-0.1, -0.05) is 0 Å². The van der Waals surface area contributed by atoms with E-state index in [0.717, 1.165) is 5.69 Å². The molecule has 1 aromatic rings. The minimum Gasteiger partial charge on any atom is -0.351 e. The van der Waals surface area contributed by atoms with Gasteiger partial charge in [0.2, 0.25) is 0 Å². The Balaban J connectivity index is 2.83. The van der Waals surface area contributed by atoms with Crippen molar-refractivity contribution in [2.45, 2.75) is 19.9 Å². The van der Waals surface area contributed by atoms with Crippen molar-refractivity contribution in [1.29, 1.82) is 0 Å². The lowest BCUT2D eigenvalue weighted by atomic mass is 10.3. The van der Waals surface area contributed by atoms with Crippen LogP contribution in [0.3, 0.4) is 0 Å². The topological polar surface area (TPSA) is 101 Å². The van der Waals surface area contributed by atoms with Gasteiger partial charge < -0.3 is 11.5 Å². The summed E-state index contributed by atoms with van der Waals surface area (Å²) in [4.78, 5) is 12.4. The Bertz CT molecular complexity index is 319. The first-order valence-electron chi connectivity index (χ1n) is 4.35. The Labute approximate surface area is 82.3 Å². The largest absolute Gasteiger partial charge is 0.351 e. The number of aromatic amines is 1. The van der Waals surface area contributed by atoms with Crippen molar-refractivity contribution < 1.29 is 4.79 Å². The molecule has 5 N–H and O–H groups in total. The second kappa shape index (κ2) is 4.10. The summed E-state index contributed by atoms with van der Waals surface area (Å²) in [6.07, 6.45) is 0. The highest BCUT2D eigenvalue weighted by molar-refractivity contribution is 5.89. The average Bonchev–Trinajstić information content (AvgIpc) is 2.46. The summed E-state index contributed by atoms with van der Waals surface area (Å²) in [7, 11) is 0. The summed E-state index contributed by atoms with van der Waals surface area (Å²) in [5, 5.41) is 6.67. The van der Waals surface area contributed by atoms with Crippen LogP contribution in [0.25, 0.3) is 0 Å². The molecule has 0 aromatic carbocycles. The molecule has 6 heteroatoms. The molecule has 78 valence electrons. The Hall–Kier alpha value is -1.56. The molecule has 0 fully saturated rings. The van der Waals surface area contributed by atoms with Gasteiger partial charge in [0, 0.05) is 24.3 Å². The second-order valence-electron chi connectivity index (χ2n) is 3.34. The summed E-state index contributed by atoms with van der Waals surface area (Å²) in [5.74, 6) is 0.507. The molecule has 1 rings (SSSR count). The number of carbonyl (C=O) groups is 1. The smallest absolute Gasteiger partial charge is 0.320 e. The van der Waals surface area contributed by atoms with Crippen LogP contribution in [0.1, 0.15) is 12.6 Å². The molecule has 0 aliphatic rings. The predicted octanol–water partition coefficient (Wildman–Crippen LogP) is -0.0496. The third kappa shape index (κ3) is 2.46. The van der Waals surface area contributed by atoms with E-state index in [1.807, 2.05) is 6.92 Å². The number of aromatic nitrogens is 2. The maximum atomic E-state index is 11.1. The molecule has 0 saturated carbocycles. The standard InChI is InChI=1S/C8H15N5O/c1-5(9)4-13(8(10)14)7-3-6(2)11-12-7/h3,5H,4,9H2,1-2H3,(H2,10,14)(H,11,12). The third-order valence-corrected chi connectivity index (χ3v) is 1.71. The van der Waals surface area contributed by atoms with Crippen molar-refractivity contribution in [2.75, 3.05) is 11.4 Å². The quantitative estimate of drug-likeness (QED) is 0.633. The number of H-pyrrole nitrogens is 1. The lowest BCUT2D eigenvalue weighted by molar-refractivity contribution is 0.253. The third-order valence-electron chi connectivity index (χ3n) is 1.71. The number of anilines is 1. The molecular weight excluding hydrogens is 182 g/mol. The van der Waals surface area contributed by atoms with Crippen LogP contribution in [0.5, 0.6) is 0 Å². The van der Waals surface area contributed by atoms with E-state index in [1.54, 1.807) is 13.0 Å². The number of urea groups is 1. The Kier molecular flexibility index (Phi) is 3.08. The van der Waals surface area contributed by atoms with Crippen LogP contribution >= 0.6 is 0 Å². The first kappa shape index (κ1) is 10.5. The van der Waals surface area contributed by atoms with E-state index in [2.05, 4.69) is 10.2 Å². The van der Waals surface area contributed by atoms with E-state index in [9.17, 15) is 4.79 Å². The van der Waals surface area contributed by atoms with Gasteiger partial charge >= 0.3 is 6.03 Å². The molecule has 0 radical (unpaired) electrons. The number of hydrogen-bond donors (Lipinski definition) is 3. The van der Waals surface area contributed by atoms with Crippen LogP contribution in [0.15, 0.2) is 6.07 Å². The lowest BCUT2D eigenvalue weighted by Gasteiger charge is -2.19. The fraction of sp³-hybridized carbons (Fsp3) is 0.500. The first-order chi connectivity index (χ1) is 6.50. The Morgan fingerprint density at radius 3 is 2.79 bits per heavy atom. The van der Waals surface area contributed by atoms with Gasteiger partial charge in [0.25, 0.3) is 0 Å². The molecule has 14 heavy (non-hydrogen) atoms. The minimum atomic E-state index is -0.547. The van der Waals surface area contributed by atoms with Crippen LogP contribution in [-0.2, 0) is 0 Å². The number of aryl methyl sites for hydroxylation is 1. The van der Waals surface area contributed by atoms with E-state index in [-0.39, 0.29) is 6.04 Å². The molecule has 1 atom stereocenters. The van der Waals surface area contributed by atoms with Gasteiger partial charge in [-0.2, -0.15) is 5.10 Å². The summed E-state index contributed by atoms with van der Waals surface area (Å²) in [6, 6.07) is 1.06. The van der Waals surface area contributed by atoms with Crippen molar-refractivity contribution in [2.24, 2.45) is 11.5 Å². The molecule has 1 heterocycles. The average molecular weight is 197 g/mol. The zero-order valence-corrected chi connectivity index (χ0v) is 8.32. The molecule has 6 nitrogen and oxygen atoms in total. The molecule has 0 aliphatic carbocycles. The van der Waals surface area contributed by atoms with Crippen molar-refractivity contribution in [3.8, 4) is 0 Å². The fourth-order valence-electron chi connectivity index (χ4n) is 1.13. The van der Waals surface area contributed by atoms with E-state index < -0.39 is 6.03 Å². The zero-order valence-electron chi connectivity index (χ0n) is 8.32. The number of nitrogens with one attached hydrogen (secondary N) is 1. The molecule has 0 aliphatic heterocycles. The summed E-state index contributed by atoms with van der Waals surface area (Å²) >= 11 is 0. The maximum absolute atomic E-state index is 11.1. The van der Waals surface area contributed by atoms with Gasteiger partial charge in [-0.25, -0.2) is 4.79 Å². The highest BCUT2D eigenvalue weighted by atomic mass is 16.2. The fourth-order valence-corrected chi connectivity index (χ4v) is 1.13. The number of hydrogen-bond acceptors (Lipinski definition) is 3. The second-order valence-corrected chi connectivity index (χ2v) is 3.34. The van der Waals surface area contributed by atoms with Crippen molar-refractivity contribution >= 4 is 11.8 Å². The molecule has 0 bridgehead atoms. The highest BCUT2D eigenvalue weighted by Gasteiger charge is 2.16. The molecule has 0 saturated heterocycles. The van der Waals surface area contributed by atoms with Gasteiger partial charge in [0.15, 0.2) is 5.82 Å². The van der Waals surface area contributed by atoms with E-state index in [4.69, 9.17) is 11.5 Å². The summed E-state index contributed by atoms with van der Waals surface area (Å²) in [5.41, 5.74) is 11.7. The van der Waals surface area contributed by atoms with Gasteiger partial charge in [-0.05, 0) is 13.8 Å². The normalized spacial score (nSPS) is 12.5. The molecular formula is C8H15N5O. The molecule has 1 aromatic heterocycles. The number of nitrogens with two attached hydrogens (primary N) is 2. The number of amides is 2. The number of primary amides is 1. The van der Waals surface area contributed by atoms with Crippen LogP contribution in [-0.4, -0.2) is 28.8 Å². The van der Waals surface area contributed by atoms with Crippen molar-refractivity contribution in [1.82, 2.24) is 10.2 Å². The SMILES string of the molecule is Cc1cc(N(CC(C)N)C(N)=O)n[nH]1. The first-order valence-corrected chi connectivity index (χ1v) is 4.35. The van der Waals surface area contributed by atoms with Crippen molar-refractivity contribution in [3.63, 3.8) is 0 Å². The Morgan fingerprint density at radius 1 is 1.79 bits per heavy atom. The number of rotatable bonds is 3. The monoisotopic (exact) mass is 197 g/mol. The summed E-state index contributed by atoms with van der Waals surface area (Å²) < 4.78 is 0. The number of nitrogens with zero attached hydrogens (tertiary/aromatic N) is 2. The minimum absolute atomic E-state index is 0.139. The van der Waals surface area contributed by atoms with E-state index in [0.29, 0.717) is 12.4 Å². The predicted molar refractivity (Wildman–Crippen MR) is 53.9 cm³/mol. The van der Waals surface area contributed by atoms with E-state index in [1.165, 1.54) is 4.90 Å². The highest BCUT2D eigenvalue weighted by Crippen LogP contribution is 2.11. The van der Waals surface area contributed by atoms with Gasteiger partial charge in [0.05, 0.1) is 0 Å². The maximum Gasteiger partial charge on any atom is 0.320 e. The van der Waals surface area contributed by atoms with Gasteiger partial charge in [-0.3, -0.25) is 10.00 Å². The molecule has 1 unspecified atom stereocenters.